The molecule has 0 aromatic rings. The Labute approximate surface area is 106 Å². The highest BCUT2D eigenvalue weighted by Gasteiger charge is 2.42. The van der Waals surface area contributed by atoms with Gasteiger partial charge in [-0.3, -0.25) is 0 Å². The maximum atomic E-state index is 11.9. The van der Waals surface area contributed by atoms with Gasteiger partial charge in [-0.1, -0.05) is 0 Å². The van der Waals surface area contributed by atoms with Gasteiger partial charge in [-0.15, -0.1) is 0 Å². The standard InChI is InChI=1S/C11H20N2O5/c1-13(5-2-6-14)10(17)12-11(9(15)16)3-7-18-8-4-11/h14H,2-8H2,1H3,(H,12,17)(H,15,16). The van der Waals surface area contributed by atoms with Crippen LogP contribution in [0.4, 0.5) is 4.79 Å². The fourth-order valence-corrected chi connectivity index (χ4v) is 1.82. The fourth-order valence-electron chi connectivity index (χ4n) is 1.82. The Morgan fingerprint density at radius 1 is 1.39 bits per heavy atom. The largest absolute Gasteiger partial charge is 0.480 e. The van der Waals surface area contributed by atoms with Gasteiger partial charge in [0.05, 0.1) is 0 Å². The number of amides is 2. The number of carboxylic acids is 1. The van der Waals surface area contributed by atoms with Crippen molar-refractivity contribution < 1.29 is 24.5 Å². The molecular formula is C11H20N2O5. The van der Waals surface area contributed by atoms with E-state index in [1.54, 1.807) is 7.05 Å². The molecule has 7 heteroatoms. The number of ether oxygens (including phenoxy) is 1. The van der Waals surface area contributed by atoms with Gasteiger partial charge in [0.15, 0.2) is 0 Å². The second-order valence-electron chi connectivity index (χ2n) is 4.43. The Balaban J connectivity index is 2.60. The number of urea groups is 1. The van der Waals surface area contributed by atoms with Gasteiger partial charge in [-0.25, -0.2) is 9.59 Å². The van der Waals surface area contributed by atoms with Crippen LogP contribution in [0.15, 0.2) is 0 Å². The topological polar surface area (TPSA) is 99.1 Å². The summed E-state index contributed by atoms with van der Waals surface area (Å²) in [5, 5.41) is 20.5. The van der Waals surface area contributed by atoms with E-state index in [9.17, 15) is 14.7 Å². The number of aliphatic hydroxyl groups is 1. The highest BCUT2D eigenvalue weighted by molar-refractivity contribution is 5.86. The zero-order valence-electron chi connectivity index (χ0n) is 10.5. The number of nitrogens with one attached hydrogen (secondary N) is 1. The van der Waals surface area contributed by atoms with Crippen molar-refractivity contribution in [3.8, 4) is 0 Å². The number of nitrogens with zero attached hydrogens (tertiary/aromatic N) is 1. The zero-order chi connectivity index (χ0) is 13.6. The molecule has 3 N–H and O–H groups in total. The van der Waals surface area contributed by atoms with Crippen molar-refractivity contribution >= 4 is 12.0 Å². The van der Waals surface area contributed by atoms with E-state index in [1.807, 2.05) is 0 Å². The predicted molar refractivity (Wildman–Crippen MR) is 63.3 cm³/mol. The molecule has 1 heterocycles. The van der Waals surface area contributed by atoms with Crippen molar-refractivity contribution in [3.05, 3.63) is 0 Å². The predicted octanol–water partition coefficient (Wildman–Crippen LogP) is -0.356. The molecule has 0 atom stereocenters. The Kier molecular flexibility index (Phi) is 5.36. The van der Waals surface area contributed by atoms with E-state index < -0.39 is 17.5 Å². The maximum absolute atomic E-state index is 11.9. The first-order chi connectivity index (χ1) is 8.52. The monoisotopic (exact) mass is 260 g/mol. The molecule has 0 aromatic heterocycles. The summed E-state index contributed by atoms with van der Waals surface area (Å²) in [6.07, 6.45) is 0.997. The minimum absolute atomic E-state index is 0.00443. The van der Waals surface area contributed by atoms with Gasteiger partial charge < -0.3 is 25.2 Å². The third-order valence-electron chi connectivity index (χ3n) is 3.10. The Morgan fingerprint density at radius 3 is 2.50 bits per heavy atom. The normalized spacial score (nSPS) is 18.1. The van der Waals surface area contributed by atoms with E-state index >= 15 is 0 Å². The van der Waals surface area contributed by atoms with Crippen LogP contribution in [0.3, 0.4) is 0 Å². The summed E-state index contributed by atoms with van der Waals surface area (Å²) in [4.78, 5) is 24.5. The van der Waals surface area contributed by atoms with Gasteiger partial charge in [0.1, 0.15) is 5.54 Å². The van der Waals surface area contributed by atoms with Crippen molar-refractivity contribution in [2.24, 2.45) is 0 Å². The molecule has 0 spiro atoms. The molecule has 18 heavy (non-hydrogen) atoms. The average Bonchev–Trinajstić information content (AvgIpc) is 2.36. The summed E-state index contributed by atoms with van der Waals surface area (Å²) in [5.74, 6) is -1.03. The lowest BCUT2D eigenvalue weighted by atomic mass is 9.90. The van der Waals surface area contributed by atoms with E-state index in [4.69, 9.17) is 9.84 Å². The first-order valence-electron chi connectivity index (χ1n) is 5.97. The van der Waals surface area contributed by atoms with Crippen LogP contribution < -0.4 is 5.32 Å². The van der Waals surface area contributed by atoms with Crippen LogP contribution in [0.2, 0.25) is 0 Å². The molecule has 1 rings (SSSR count). The molecular weight excluding hydrogens is 240 g/mol. The van der Waals surface area contributed by atoms with Gasteiger partial charge in [0.2, 0.25) is 0 Å². The number of aliphatic carboxylic acids is 1. The molecule has 104 valence electrons. The second kappa shape index (κ2) is 6.55. The highest BCUT2D eigenvalue weighted by atomic mass is 16.5. The van der Waals surface area contributed by atoms with E-state index in [1.165, 1.54) is 4.90 Å². The first-order valence-corrected chi connectivity index (χ1v) is 5.97. The molecule has 0 bridgehead atoms. The number of carbonyl (C=O) groups is 2. The van der Waals surface area contributed by atoms with Crippen LogP contribution in [0.5, 0.6) is 0 Å². The third kappa shape index (κ3) is 3.58. The van der Waals surface area contributed by atoms with Gasteiger partial charge in [0, 0.05) is 46.3 Å². The molecule has 0 saturated carbocycles. The van der Waals surface area contributed by atoms with E-state index in [0.717, 1.165) is 0 Å². The van der Waals surface area contributed by atoms with Crippen LogP contribution in [-0.4, -0.2) is 66.1 Å². The number of rotatable bonds is 5. The molecule has 0 aromatic carbocycles. The summed E-state index contributed by atoms with van der Waals surface area (Å²) in [6.45, 7) is 1.03. The summed E-state index contributed by atoms with van der Waals surface area (Å²) < 4.78 is 5.12. The lowest BCUT2D eigenvalue weighted by molar-refractivity contribution is -0.148. The van der Waals surface area contributed by atoms with E-state index in [-0.39, 0.29) is 19.4 Å². The van der Waals surface area contributed by atoms with Crippen molar-refractivity contribution in [2.75, 3.05) is 33.4 Å². The zero-order valence-corrected chi connectivity index (χ0v) is 10.5. The number of aliphatic hydroxyl groups excluding tert-OH is 1. The van der Waals surface area contributed by atoms with Crippen molar-refractivity contribution in [2.45, 2.75) is 24.8 Å². The summed E-state index contributed by atoms with van der Waals surface area (Å²) in [5.41, 5.74) is -1.23. The van der Waals surface area contributed by atoms with Crippen LogP contribution in [0.25, 0.3) is 0 Å². The van der Waals surface area contributed by atoms with Crippen molar-refractivity contribution in [1.29, 1.82) is 0 Å². The SMILES string of the molecule is CN(CCCO)C(=O)NC1(C(=O)O)CCOCC1. The van der Waals surface area contributed by atoms with Gasteiger partial charge in [-0.05, 0) is 6.42 Å². The van der Waals surface area contributed by atoms with Crippen LogP contribution in [0.1, 0.15) is 19.3 Å². The molecule has 1 aliphatic heterocycles. The molecule has 1 aliphatic rings. The average molecular weight is 260 g/mol. The Bertz CT molecular complexity index is 302. The Morgan fingerprint density at radius 2 is 2.00 bits per heavy atom. The van der Waals surface area contributed by atoms with Crippen molar-refractivity contribution in [1.82, 2.24) is 10.2 Å². The van der Waals surface area contributed by atoms with Crippen LogP contribution in [-0.2, 0) is 9.53 Å². The van der Waals surface area contributed by atoms with E-state index in [2.05, 4.69) is 5.32 Å². The fraction of sp³-hybridized carbons (Fsp3) is 0.818. The maximum Gasteiger partial charge on any atom is 0.329 e. The number of carbonyl (C=O) groups excluding carboxylic acids is 1. The van der Waals surface area contributed by atoms with Crippen molar-refractivity contribution in [3.63, 3.8) is 0 Å². The molecule has 1 fully saturated rings. The summed E-state index contributed by atoms with van der Waals surface area (Å²) in [6, 6.07) is -0.437. The summed E-state index contributed by atoms with van der Waals surface area (Å²) >= 11 is 0. The van der Waals surface area contributed by atoms with Crippen LogP contribution >= 0.6 is 0 Å². The quantitative estimate of drug-likeness (QED) is 0.627. The van der Waals surface area contributed by atoms with Gasteiger partial charge >= 0.3 is 12.0 Å². The molecule has 0 aliphatic carbocycles. The first kappa shape index (κ1) is 14.7. The Hall–Kier alpha value is -1.34. The number of hydrogen-bond donors (Lipinski definition) is 3. The molecule has 1 saturated heterocycles. The molecule has 0 radical (unpaired) electrons. The highest BCUT2D eigenvalue weighted by Crippen LogP contribution is 2.21. The molecule has 0 unspecified atom stereocenters. The lowest BCUT2D eigenvalue weighted by Crippen LogP contribution is -2.59. The van der Waals surface area contributed by atoms with E-state index in [0.29, 0.717) is 26.2 Å². The molecule has 7 nitrogen and oxygen atoms in total. The minimum Gasteiger partial charge on any atom is -0.480 e. The third-order valence-corrected chi connectivity index (χ3v) is 3.10. The second-order valence-corrected chi connectivity index (χ2v) is 4.43. The van der Waals surface area contributed by atoms with Gasteiger partial charge in [-0.2, -0.15) is 0 Å². The van der Waals surface area contributed by atoms with Crippen LogP contribution in [0, 0.1) is 0 Å². The number of carboxylic acid groups (broad SMARTS) is 1. The molecule has 2 amide bonds. The smallest absolute Gasteiger partial charge is 0.329 e. The summed E-state index contributed by atoms with van der Waals surface area (Å²) in [7, 11) is 1.57. The lowest BCUT2D eigenvalue weighted by Gasteiger charge is -2.35. The number of hydrogen-bond acceptors (Lipinski definition) is 4. The minimum atomic E-state index is -1.23. The van der Waals surface area contributed by atoms with Gasteiger partial charge in [0.25, 0.3) is 0 Å².